The Morgan fingerprint density at radius 3 is 2.58 bits per heavy atom. The summed E-state index contributed by atoms with van der Waals surface area (Å²) in [7, 11) is 0. The van der Waals surface area contributed by atoms with Gasteiger partial charge < -0.3 is 19.7 Å². The summed E-state index contributed by atoms with van der Waals surface area (Å²) < 4.78 is 12.0. The third-order valence-electron chi connectivity index (χ3n) is 5.11. The summed E-state index contributed by atoms with van der Waals surface area (Å²) in [4.78, 5) is 0.188. The van der Waals surface area contributed by atoms with Crippen molar-refractivity contribution in [2.24, 2.45) is 17.8 Å². The van der Waals surface area contributed by atoms with Gasteiger partial charge in [0.1, 0.15) is 0 Å². The quantitative estimate of drug-likeness (QED) is 0.606. The molecular formula is C14H23BrO4. The van der Waals surface area contributed by atoms with Gasteiger partial charge in [-0.05, 0) is 37.5 Å². The Balaban J connectivity index is 1.76. The molecule has 0 amide bonds. The van der Waals surface area contributed by atoms with Crippen molar-refractivity contribution in [2.45, 2.75) is 48.8 Å². The number of fused-ring (bicyclic) bond motifs is 2. The maximum Gasteiger partial charge on any atom is 0.184 e. The number of ether oxygens (including phenoxy) is 2. The Labute approximate surface area is 122 Å². The summed E-state index contributed by atoms with van der Waals surface area (Å²) >= 11 is 3.71. The maximum absolute atomic E-state index is 10.3. The molecule has 1 saturated heterocycles. The molecule has 0 aromatic heterocycles. The number of aliphatic hydroxyl groups is 2. The minimum Gasteiger partial charge on any atom is -0.396 e. The molecule has 1 unspecified atom stereocenters. The van der Waals surface area contributed by atoms with Crippen LogP contribution in [0.15, 0.2) is 0 Å². The minimum atomic E-state index is -0.508. The number of hydrogen-bond donors (Lipinski definition) is 2. The zero-order chi connectivity index (χ0) is 13.5. The van der Waals surface area contributed by atoms with Crippen LogP contribution in [-0.4, -0.2) is 46.8 Å². The Bertz CT molecular complexity index is 319. The second-order valence-corrected chi connectivity index (χ2v) is 7.20. The second kappa shape index (κ2) is 5.60. The van der Waals surface area contributed by atoms with Gasteiger partial charge in [-0.1, -0.05) is 22.4 Å². The van der Waals surface area contributed by atoms with Crippen molar-refractivity contribution in [3.05, 3.63) is 0 Å². The van der Waals surface area contributed by atoms with E-state index >= 15 is 0 Å². The number of halogens is 1. The fraction of sp³-hybridized carbons (Fsp3) is 1.00. The van der Waals surface area contributed by atoms with Gasteiger partial charge in [0.25, 0.3) is 0 Å². The smallest absolute Gasteiger partial charge is 0.184 e. The Hall–Kier alpha value is 0.320. The molecule has 4 nitrogen and oxygen atoms in total. The van der Waals surface area contributed by atoms with Crippen LogP contribution in [0.2, 0.25) is 0 Å². The first-order valence-electron chi connectivity index (χ1n) is 7.40. The monoisotopic (exact) mass is 334 g/mol. The summed E-state index contributed by atoms with van der Waals surface area (Å²) in [6.07, 6.45) is 4.47. The number of unbranched alkanes of at least 4 members (excludes halogenated alkanes) is 1. The van der Waals surface area contributed by atoms with Crippen LogP contribution in [0.1, 0.15) is 32.1 Å². The highest BCUT2D eigenvalue weighted by atomic mass is 79.9. The zero-order valence-corrected chi connectivity index (χ0v) is 12.7. The Morgan fingerprint density at radius 2 is 1.89 bits per heavy atom. The summed E-state index contributed by atoms with van der Waals surface area (Å²) in [5, 5.41) is 19.2. The van der Waals surface area contributed by atoms with Crippen LogP contribution in [0.5, 0.6) is 0 Å². The zero-order valence-electron chi connectivity index (χ0n) is 11.1. The van der Waals surface area contributed by atoms with E-state index < -0.39 is 5.79 Å². The number of alkyl halides is 1. The molecule has 1 aliphatic heterocycles. The van der Waals surface area contributed by atoms with Crippen molar-refractivity contribution in [3.8, 4) is 0 Å². The van der Waals surface area contributed by atoms with Crippen molar-refractivity contribution in [1.82, 2.24) is 0 Å². The van der Waals surface area contributed by atoms with Crippen LogP contribution in [0, 0.1) is 17.8 Å². The van der Waals surface area contributed by atoms with E-state index in [1.807, 2.05) is 0 Å². The van der Waals surface area contributed by atoms with Gasteiger partial charge in [-0.25, -0.2) is 0 Å². The van der Waals surface area contributed by atoms with E-state index in [9.17, 15) is 5.11 Å². The summed E-state index contributed by atoms with van der Waals surface area (Å²) in [5.74, 6) is 0.535. The molecule has 0 bridgehead atoms. The van der Waals surface area contributed by atoms with Crippen molar-refractivity contribution < 1.29 is 19.7 Å². The maximum atomic E-state index is 10.3. The molecule has 1 heterocycles. The number of hydrogen-bond acceptors (Lipinski definition) is 4. The molecular weight excluding hydrogens is 312 g/mol. The van der Waals surface area contributed by atoms with E-state index in [2.05, 4.69) is 15.9 Å². The van der Waals surface area contributed by atoms with Crippen LogP contribution in [0.3, 0.4) is 0 Å². The van der Waals surface area contributed by atoms with Gasteiger partial charge >= 0.3 is 0 Å². The standard InChI is InChI=1S/C14H23BrO4/c15-12-8-10-11(17)7-9(3-1-2-4-16)13(10)14(12)18-5-6-19-14/h9-13,16-17H,1-8H2/t9-,10-,11-,12?,13+/m0/s1. The molecule has 3 rings (SSSR count). The van der Waals surface area contributed by atoms with Crippen molar-refractivity contribution >= 4 is 15.9 Å². The number of rotatable bonds is 4. The SMILES string of the molecule is OCCCC[C@H]1C[C@H](O)[C@@H]2CC(Br)C3(OCCO3)[C@H]12. The van der Waals surface area contributed by atoms with E-state index in [0.717, 1.165) is 32.1 Å². The first-order valence-corrected chi connectivity index (χ1v) is 8.31. The first-order chi connectivity index (χ1) is 9.19. The average molecular weight is 335 g/mol. The third-order valence-corrected chi connectivity index (χ3v) is 6.12. The van der Waals surface area contributed by atoms with Crippen LogP contribution in [0.25, 0.3) is 0 Å². The first kappa shape index (κ1) is 14.3. The molecule has 5 heteroatoms. The highest BCUT2D eigenvalue weighted by Gasteiger charge is 2.64. The third kappa shape index (κ3) is 2.27. The number of aliphatic hydroxyl groups excluding tert-OH is 2. The topological polar surface area (TPSA) is 58.9 Å². The van der Waals surface area contributed by atoms with E-state index in [1.165, 1.54) is 0 Å². The van der Waals surface area contributed by atoms with Gasteiger partial charge in [-0.15, -0.1) is 0 Å². The lowest BCUT2D eigenvalue weighted by Crippen LogP contribution is -2.44. The lowest BCUT2D eigenvalue weighted by Gasteiger charge is -2.35. The largest absolute Gasteiger partial charge is 0.396 e. The molecule has 0 radical (unpaired) electrons. The second-order valence-electron chi connectivity index (χ2n) is 6.09. The normalized spacial score (nSPS) is 44.1. The molecule has 2 saturated carbocycles. The molecule has 2 N–H and O–H groups in total. The van der Waals surface area contributed by atoms with Gasteiger partial charge in [0.15, 0.2) is 5.79 Å². The highest BCUT2D eigenvalue weighted by molar-refractivity contribution is 9.09. The fourth-order valence-corrected chi connectivity index (χ4v) is 5.40. The lowest BCUT2D eigenvalue weighted by atomic mass is 9.84. The van der Waals surface area contributed by atoms with E-state index in [4.69, 9.17) is 14.6 Å². The van der Waals surface area contributed by atoms with E-state index in [0.29, 0.717) is 31.0 Å². The van der Waals surface area contributed by atoms with Gasteiger partial charge in [0.05, 0.1) is 24.1 Å². The van der Waals surface area contributed by atoms with E-state index in [1.54, 1.807) is 0 Å². The minimum absolute atomic E-state index is 0.188. The molecule has 0 aromatic rings. The van der Waals surface area contributed by atoms with Crippen LogP contribution >= 0.6 is 15.9 Å². The lowest BCUT2D eigenvalue weighted by molar-refractivity contribution is -0.189. The molecule has 110 valence electrons. The van der Waals surface area contributed by atoms with Gasteiger partial charge in [0.2, 0.25) is 0 Å². The molecule has 0 aromatic carbocycles. The summed E-state index contributed by atoms with van der Waals surface area (Å²) in [5.41, 5.74) is 0. The molecule has 1 spiro atoms. The Kier molecular flexibility index (Phi) is 4.21. The highest BCUT2D eigenvalue weighted by Crippen LogP contribution is 2.59. The fourth-order valence-electron chi connectivity index (χ4n) is 4.40. The molecule has 2 aliphatic carbocycles. The Morgan fingerprint density at radius 1 is 1.16 bits per heavy atom. The van der Waals surface area contributed by atoms with Crippen molar-refractivity contribution in [1.29, 1.82) is 0 Å². The summed E-state index contributed by atoms with van der Waals surface area (Å²) in [6, 6.07) is 0. The van der Waals surface area contributed by atoms with Crippen molar-refractivity contribution in [3.63, 3.8) is 0 Å². The molecule has 19 heavy (non-hydrogen) atoms. The van der Waals surface area contributed by atoms with Crippen LogP contribution < -0.4 is 0 Å². The molecule has 3 fully saturated rings. The predicted octanol–water partition coefficient (Wildman–Crippen LogP) is 1.67. The van der Waals surface area contributed by atoms with Crippen molar-refractivity contribution in [2.75, 3.05) is 19.8 Å². The van der Waals surface area contributed by atoms with Gasteiger partial charge in [-0.2, -0.15) is 0 Å². The summed E-state index contributed by atoms with van der Waals surface area (Å²) in [6.45, 7) is 1.57. The predicted molar refractivity (Wildman–Crippen MR) is 74.0 cm³/mol. The van der Waals surface area contributed by atoms with Crippen LogP contribution in [-0.2, 0) is 9.47 Å². The van der Waals surface area contributed by atoms with Crippen LogP contribution in [0.4, 0.5) is 0 Å². The molecule has 3 aliphatic rings. The average Bonchev–Trinajstić information content (AvgIpc) is 3.04. The van der Waals surface area contributed by atoms with E-state index in [-0.39, 0.29) is 17.5 Å². The van der Waals surface area contributed by atoms with Gasteiger partial charge in [0, 0.05) is 12.5 Å². The molecule has 5 atom stereocenters. The van der Waals surface area contributed by atoms with Gasteiger partial charge in [-0.3, -0.25) is 0 Å².